The third kappa shape index (κ3) is 2.16. The molecule has 21 heavy (non-hydrogen) atoms. The third-order valence-electron chi connectivity index (χ3n) is 4.20. The van der Waals surface area contributed by atoms with Gasteiger partial charge in [0.1, 0.15) is 12.2 Å². The molecule has 3 heterocycles. The van der Waals surface area contributed by atoms with Gasteiger partial charge in [0.2, 0.25) is 0 Å². The van der Waals surface area contributed by atoms with Crippen molar-refractivity contribution in [3.8, 4) is 0 Å². The van der Waals surface area contributed by atoms with Crippen molar-refractivity contribution in [3.63, 3.8) is 0 Å². The molecule has 108 valence electrons. The Bertz CT molecular complexity index is 762. The van der Waals surface area contributed by atoms with Gasteiger partial charge in [-0.15, -0.1) is 21.5 Å². The highest BCUT2D eigenvalue weighted by atomic mass is 32.1. The Balaban J connectivity index is 1.69. The Labute approximate surface area is 127 Å². The summed E-state index contributed by atoms with van der Waals surface area (Å²) in [5.74, 6) is 1.03. The zero-order valence-electron chi connectivity index (χ0n) is 11.6. The summed E-state index contributed by atoms with van der Waals surface area (Å²) in [7, 11) is 0. The van der Waals surface area contributed by atoms with E-state index in [1.807, 2.05) is 6.33 Å². The lowest BCUT2D eigenvalue weighted by atomic mass is 10.0. The Morgan fingerprint density at radius 1 is 1.29 bits per heavy atom. The average molecular weight is 299 g/mol. The van der Waals surface area contributed by atoms with Gasteiger partial charge in [0, 0.05) is 30.4 Å². The molecule has 3 aromatic rings. The molecule has 0 bridgehead atoms. The van der Waals surface area contributed by atoms with Crippen LogP contribution in [0.25, 0.3) is 10.1 Å². The predicted molar refractivity (Wildman–Crippen MR) is 84.1 cm³/mol. The maximum Gasteiger partial charge on any atom is 0.147 e. The van der Waals surface area contributed by atoms with Gasteiger partial charge in [-0.05, 0) is 22.4 Å². The molecule has 1 aliphatic rings. The van der Waals surface area contributed by atoms with E-state index in [-0.39, 0.29) is 6.04 Å². The van der Waals surface area contributed by atoms with Crippen LogP contribution in [0.2, 0.25) is 0 Å². The maximum absolute atomic E-state index is 6.10. The number of fused-ring (bicyclic) bond motifs is 2. The maximum atomic E-state index is 6.10. The second-order valence-corrected chi connectivity index (χ2v) is 6.26. The molecule has 5 nitrogen and oxygen atoms in total. The van der Waals surface area contributed by atoms with Crippen LogP contribution in [0.3, 0.4) is 0 Å². The number of rotatable bonds is 3. The molecule has 0 radical (unpaired) electrons. The number of hydrogen-bond donors (Lipinski definition) is 1. The average Bonchev–Trinajstić information content (AvgIpc) is 3.15. The molecule has 0 spiro atoms. The highest BCUT2D eigenvalue weighted by Crippen LogP contribution is 2.33. The van der Waals surface area contributed by atoms with Crippen molar-refractivity contribution in [2.45, 2.75) is 19.1 Å². The zero-order valence-corrected chi connectivity index (χ0v) is 12.5. The van der Waals surface area contributed by atoms with Crippen LogP contribution in [0, 0.1) is 0 Å². The zero-order chi connectivity index (χ0) is 14.2. The van der Waals surface area contributed by atoms with E-state index in [2.05, 4.69) is 49.3 Å². The largest absolute Gasteiger partial charge is 0.329 e. The van der Waals surface area contributed by atoms with Crippen molar-refractivity contribution in [1.82, 2.24) is 19.7 Å². The summed E-state index contributed by atoms with van der Waals surface area (Å²) in [4.78, 5) is 2.42. The second-order valence-electron chi connectivity index (χ2n) is 5.35. The van der Waals surface area contributed by atoms with E-state index in [0.29, 0.717) is 6.54 Å². The summed E-state index contributed by atoms with van der Waals surface area (Å²) in [6, 6.07) is 8.79. The van der Waals surface area contributed by atoms with Gasteiger partial charge in [0.25, 0.3) is 0 Å². The molecular weight excluding hydrogens is 282 g/mol. The van der Waals surface area contributed by atoms with Gasteiger partial charge >= 0.3 is 0 Å². The molecular formula is C15H17N5S. The molecule has 1 aromatic carbocycles. The van der Waals surface area contributed by atoms with Crippen LogP contribution in [0.4, 0.5) is 0 Å². The van der Waals surface area contributed by atoms with Gasteiger partial charge in [-0.2, -0.15) is 0 Å². The van der Waals surface area contributed by atoms with Crippen molar-refractivity contribution in [3.05, 3.63) is 47.4 Å². The minimum absolute atomic E-state index is 0.242. The van der Waals surface area contributed by atoms with Gasteiger partial charge < -0.3 is 10.3 Å². The summed E-state index contributed by atoms with van der Waals surface area (Å²) >= 11 is 1.79. The molecule has 0 saturated heterocycles. The summed E-state index contributed by atoms with van der Waals surface area (Å²) in [6.45, 7) is 3.35. The third-order valence-corrected chi connectivity index (χ3v) is 5.18. The Kier molecular flexibility index (Phi) is 3.21. The van der Waals surface area contributed by atoms with Crippen LogP contribution in [-0.4, -0.2) is 32.8 Å². The van der Waals surface area contributed by atoms with Crippen LogP contribution >= 0.6 is 11.3 Å². The van der Waals surface area contributed by atoms with Crippen LogP contribution in [0.1, 0.15) is 17.4 Å². The lowest BCUT2D eigenvalue weighted by Crippen LogP contribution is -2.39. The van der Waals surface area contributed by atoms with Crippen LogP contribution in [0.15, 0.2) is 36.0 Å². The van der Waals surface area contributed by atoms with Crippen LogP contribution in [0.5, 0.6) is 0 Å². The molecule has 2 aromatic heterocycles. The van der Waals surface area contributed by atoms with E-state index in [1.54, 1.807) is 11.3 Å². The fraction of sp³-hybridized carbons (Fsp3) is 0.333. The molecule has 1 unspecified atom stereocenters. The Hall–Kier alpha value is -1.76. The molecule has 6 heteroatoms. The van der Waals surface area contributed by atoms with Crippen LogP contribution < -0.4 is 5.73 Å². The van der Waals surface area contributed by atoms with Gasteiger partial charge in [-0.3, -0.25) is 4.90 Å². The van der Waals surface area contributed by atoms with Crippen molar-refractivity contribution in [1.29, 1.82) is 0 Å². The van der Waals surface area contributed by atoms with Crippen molar-refractivity contribution < 1.29 is 0 Å². The van der Waals surface area contributed by atoms with E-state index in [1.165, 1.54) is 15.6 Å². The first-order chi connectivity index (χ1) is 10.4. The van der Waals surface area contributed by atoms with Gasteiger partial charge in [0.05, 0.1) is 6.54 Å². The van der Waals surface area contributed by atoms with Gasteiger partial charge in [-0.25, -0.2) is 0 Å². The standard InChI is InChI=1S/C15H17N5S/c16-7-13(12-9-21-14-4-2-1-3-11(12)14)19-5-6-20-10-17-18-15(20)8-19/h1-4,9-10,13H,5-8,16H2. The monoisotopic (exact) mass is 299 g/mol. The first-order valence-corrected chi connectivity index (χ1v) is 8.01. The van der Waals surface area contributed by atoms with E-state index in [0.717, 1.165) is 25.5 Å². The summed E-state index contributed by atoms with van der Waals surface area (Å²) in [6.07, 6.45) is 1.81. The van der Waals surface area contributed by atoms with Gasteiger partial charge in [-0.1, -0.05) is 18.2 Å². The number of nitrogens with two attached hydrogens (primary N) is 1. The molecule has 1 aliphatic heterocycles. The summed E-state index contributed by atoms with van der Waals surface area (Å²) in [5.41, 5.74) is 7.44. The topological polar surface area (TPSA) is 60.0 Å². The minimum atomic E-state index is 0.242. The van der Waals surface area contributed by atoms with Crippen molar-refractivity contribution in [2.24, 2.45) is 5.73 Å². The molecule has 1 atom stereocenters. The van der Waals surface area contributed by atoms with Crippen LogP contribution in [-0.2, 0) is 13.1 Å². The number of hydrogen-bond acceptors (Lipinski definition) is 5. The Morgan fingerprint density at radius 2 is 2.19 bits per heavy atom. The van der Waals surface area contributed by atoms with E-state index >= 15 is 0 Å². The fourth-order valence-electron chi connectivity index (χ4n) is 3.08. The molecule has 0 aliphatic carbocycles. The second kappa shape index (κ2) is 5.22. The van der Waals surface area contributed by atoms with Gasteiger partial charge in [0.15, 0.2) is 0 Å². The summed E-state index contributed by atoms with van der Waals surface area (Å²) in [5, 5.41) is 11.8. The number of benzene rings is 1. The smallest absolute Gasteiger partial charge is 0.147 e. The molecule has 2 N–H and O–H groups in total. The predicted octanol–water partition coefficient (Wildman–Crippen LogP) is 2.01. The quantitative estimate of drug-likeness (QED) is 0.803. The number of nitrogens with zero attached hydrogens (tertiary/aromatic N) is 4. The highest BCUT2D eigenvalue weighted by Gasteiger charge is 2.26. The normalized spacial score (nSPS) is 17.0. The number of thiophene rings is 1. The highest BCUT2D eigenvalue weighted by molar-refractivity contribution is 7.17. The van der Waals surface area contributed by atoms with Crippen molar-refractivity contribution >= 4 is 21.4 Å². The number of aromatic nitrogens is 3. The van der Waals surface area contributed by atoms with E-state index < -0.39 is 0 Å². The summed E-state index contributed by atoms with van der Waals surface area (Å²) < 4.78 is 3.45. The fourth-order valence-corrected chi connectivity index (χ4v) is 4.09. The van der Waals surface area contributed by atoms with E-state index in [9.17, 15) is 0 Å². The molecule has 0 fully saturated rings. The first kappa shape index (κ1) is 12.9. The molecule has 4 rings (SSSR count). The SMILES string of the molecule is NCC(c1csc2ccccc12)N1CCn2cnnc2C1. The lowest BCUT2D eigenvalue weighted by Gasteiger charge is -2.33. The minimum Gasteiger partial charge on any atom is -0.329 e. The first-order valence-electron chi connectivity index (χ1n) is 7.14. The van der Waals surface area contributed by atoms with Crippen molar-refractivity contribution in [2.75, 3.05) is 13.1 Å². The van der Waals surface area contributed by atoms with E-state index in [4.69, 9.17) is 5.73 Å². The molecule has 0 amide bonds. The Morgan fingerprint density at radius 3 is 3.10 bits per heavy atom. The lowest BCUT2D eigenvalue weighted by molar-refractivity contribution is 0.157. The molecule has 0 saturated carbocycles.